The third-order valence-corrected chi connectivity index (χ3v) is 4.76. The molecule has 1 aromatic heterocycles. The lowest BCUT2D eigenvalue weighted by Gasteiger charge is -2.19. The minimum absolute atomic E-state index is 0.193. The van der Waals surface area contributed by atoms with Gasteiger partial charge in [0.1, 0.15) is 0 Å². The number of hydrogen-bond donors (Lipinski definition) is 1. The molecular weight excluding hydrogens is 304 g/mol. The predicted octanol–water partition coefficient (Wildman–Crippen LogP) is 2.31. The Morgan fingerprint density at radius 3 is 2.58 bits per heavy atom. The second-order valence-electron chi connectivity index (χ2n) is 6.18. The molecule has 1 saturated heterocycles. The summed E-state index contributed by atoms with van der Waals surface area (Å²) >= 11 is 0. The van der Waals surface area contributed by atoms with Gasteiger partial charge in [0.05, 0.1) is 14.2 Å². The number of hydrogen-bond acceptors (Lipinski definition) is 5. The van der Waals surface area contributed by atoms with Crippen LogP contribution in [0.25, 0.3) is 0 Å². The Labute approximate surface area is 142 Å². The molecule has 2 heterocycles. The summed E-state index contributed by atoms with van der Waals surface area (Å²) in [6.45, 7) is 2.75. The van der Waals surface area contributed by atoms with Gasteiger partial charge in [-0.2, -0.15) is 0 Å². The van der Waals surface area contributed by atoms with Crippen molar-refractivity contribution in [3.8, 4) is 11.5 Å². The van der Waals surface area contributed by atoms with Crippen molar-refractivity contribution in [2.75, 3.05) is 33.9 Å². The number of likely N-dealkylation sites (tertiary alicyclic amines) is 1. The lowest BCUT2D eigenvalue weighted by molar-refractivity contribution is 0.213. The summed E-state index contributed by atoms with van der Waals surface area (Å²) in [7, 11) is 3.32. The molecule has 24 heavy (non-hydrogen) atoms. The van der Waals surface area contributed by atoms with E-state index in [9.17, 15) is 5.11 Å². The maximum absolute atomic E-state index is 9.78. The number of methoxy groups -OCH3 is 2. The normalized spacial score (nSPS) is 21.0. The molecule has 1 aliphatic rings. The molecule has 0 bridgehead atoms. The fourth-order valence-corrected chi connectivity index (χ4v) is 3.58. The van der Waals surface area contributed by atoms with Gasteiger partial charge in [0, 0.05) is 56.0 Å². The summed E-state index contributed by atoms with van der Waals surface area (Å²) in [6.07, 6.45) is 3.63. The summed E-state index contributed by atoms with van der Waals surface area (Å²) in [5.41, 5.74) is 2.34. The van der Waals surface area contributed by atoms with E-state index in [2.05, 4.69) is 16.0 Å². The van der Waals surface area contributed by atoms with Gasteiger partial charge in [0.25, 0.3) is 0 Å². The van der Waals surface area contributed by atoms with E-state index in [4.69, 9.17) is 9.47 Å². The Morgan fingerprint density at radius 1 is 1.12 bits per heavy atom. The molecule has 2 aromatic rings. The Kier molecular flexibility index (Phi) is 5.33. The van der Waals surface area contributed by atoms with Crippen molar-refractivity contribution in [3.05, 3.63) is 53.9 Å². The Morgan fingerprint density at radius 2 is 1.92 bits per heavy atom. The highest BCUT2D eigenvalue weighted by Gasteiger charge is 2.33. The molecule has 1 N–H and O–H groups in total. The summed E-state index contributed by atoms with van der Waals surface area (Å²) < 4.78 is 10.9. The molecule has 1 aliphatic heterocycles. The SMILES string of the molecule is COc1cccc(CN2C[C@@H](CO)[C@H](c3ccncc3)C2)c1OC. The lowest BCUT2D eigenvalue weighted by atomic mass is 9.90. The fraction of sp³-hybridized carbons (Fsp3) is 0.421. The zero-order chi connectivity index (χ0) is 16.9. The smallest absolute Gasteiger partial charge is 0.165 e. The first-order valence-electron chi connectivity index (χ1n) is 8.19. The van der Waals surface area contributed by atoms with Gasteiger partial charge in [0.15, 0.2) is 11.5 Å². The molecule has 3 rings (SSSR count). The number of aromatic nitrogens is 1. The first kappa shape index (κ1) is 16.7. The maximum atomic E-state index is 9.78. The minimum Gasteiger partial charge on any atom is -0.493 e. The van der Waals surface area contributed by atoms with Gasteiger partial charge in [-0.1, -0.05) is 12.1 Å². The number of para-hydroxylation sites is 1. The number of ether oxygens (including phenoxy) is 2. The van der Waals surface area contributed by atoms with Crippen LogP contribution in [-0.2, 0) is 6.54 Å². The van der Waals surface area contributed by atoms with Crippen LogP contribution in [0.15, 0.2) is 42.7 Å². The van der Waals surface area contributed by atoms with Gasteiger partial charge in [-0.15, -0.1) is 0 Å². The minimum atomic E-state index is 0.193. The molecule has 1 aromatic carbocycles. The zero-order valence-corrected chi connectivity index (χ0v) is 14.2. The third kappa shape index (κ3) is 3.37. The quantitative estimate of drug-likeness (QED) is 0.882. The van der Waals surface area contributed by atoms with Crippen LogP contribution in [0.1, 0.15) is 17.0 Å². The van der Waals surface area contributed by atoms with E-state index in [0.29, 0.717) is 5.92 Å². The number of aliphatic hydroxyl groups is 1. The largest absolute Gasteiger partial charge is 0.493 e. The van der Waals surface area contributed by atoms with Crippen LogP contribution < -0.4 is 9.47 Å². The van der Waals surface area contributed by atoms with Crippen molar-refractivity contribution in [3.63, 3.8) is 0 Å². The molecule has 0 amide bonds. The summed E-state index contributed by atoms with van der Waals surface area (Å²) in [5, 5.41) is 9.78. The summed E-state index contributed by atoms with van der Waals surface area (Å²) in [4.78, 5) is 6.45. The zero-order valence-electron chi connectivity index (χ0n) is 14.2. The number of pyridine rings is 1. The molecule has 0 saturated carbocycles. The number of nitrogens with zero attached hydrogens (tertiary/aromatic N) is 2. The summed E-state index contributed by atoms with van der Waals surface area (Å²) in [6, 6.07) is 10.0. The van der Waals surface area contributed by atoms with E-state index >= 15 is 0 Å². The monoisotopic (exact) mass is 328 g/mol. The highest BCUT2D eigenvalue weighted by Crippen LogP contribution is 2.36. The van der Waals surface area contributed by atoms with E-state index in [1.54, 1.807) is 14.2 Å². The van der Waals surface area contributed by atoms with E-state index in [-0.39, 0.29) is 12.5 Å². The molecule has 1 fully saturated rings. The van der Waals surface area contributed by atoms with Crippen molar-refractivity contribution >= 4 is 0 Å². The Balaban J connectivity index is 1.78. The van der Waals surface area contributed by atoms with Crippen molar-refractivity contribution in [2.45, 2.75) is 12.5 Å². The van der Waals surface area contributed by atoms with Crippen molar-refractivity contribution < 1.29 is 14.6 Å². The van der Waals surface area contributed by atoms with Crippen LogP contribution >= 0.6 is 0 Å². The first-order chi connectivity index (χ1) is 11.8. The molecule has 0 aliphatic carbocycles. The van der Waals surface area contributed by atoms with E-state index in [0.717, 1.165) is 36.7 Å². The second-order valence-corrected chi connectivity index (χ2v) is 6.18. The van der Waals surface area contributed by atoms with E-state index in [1.807, 2.05) is 36.7 Å². The van der Waals surface area contributed by atoms with Gasteiger partial charge in [-0.3, -0.25) is 9.88 Å². The molecule has 0 unspecified atom stereocenters. The molecule has 5 heteroatoms. The van der Waals surface area contributed by atoms with Crippen molar-refractivity contribution in [1.29, 1.82) is 0 Å². The second kappa shape index (κ2) is 7.64. The van der Waals surface area contributed by atoms with Crippen LogP contribution in [0.5, 0.6) is 11.5 Å². The van der Waals surface area contributed by atoms with Crippen LogP contribution in [0.2, 0.25) is 0 Å². The molecule has 2 atom stereocenters. The lowest BCUT2D eigenvalue weighted by Crippen LogP contribution is -2.21. The van der Waals surface area contributed by atoms with Crippen LogP contribution in [0.3, 0.4) is 0 Å². The molecule has 0 radical (unpaired) electrons. The first-order valence-corrected chi connectivity index (χ1v) is 8.19. The Bertz CT molecular complexity index is 663. The number of rotatable bonds is 6. The van der Waals surface area contributed by atoms with Gasteiger partial charge >= 0.3 is 0 Å². The van der Waals surface area contributed by atoms with Crippen LogP contribution in [0, 0.1) is 5.92 Å². The van der Waals surface area contributed by atoms with E-state index in [1.165, 1.54) is 5.56 Å². The number of aliphatic hydroxyl groups excluding tert-OH is 1. The molecular formula is C19H24N2O3. The average molecular weight is 328 g/mol. The van der Waals surface area contributed by atoms with E-state index < -0.39 is 0 Å². The molecule has 128 valence electrons. The highest BCUT2D eigenvalue weighted by molar-refractivity contribution is 5.46. The van der Waals surface area contributed by atoms with Gasteiger partial charge in [0.2, 0.25) is 0 Å². The number of benzene rings is 1. The fourth-order valence-electron chi connectivity index (χ4n) is 3.58. The highest BCUT2D eigenvalue weighted by atomic mass is 16.5. The topological polar surface area (TPSA) is 54.8 Å². The van der Waals surface area contributed by atoms with Crippen molar-refractivity contribution in [1.82, 2.24) is 9.88 Å². The van der Waals surface area contributed by atoms with Gasteiger partial charge in [-0.05, 0) is 23.8 Å². The third-order valence-electron chi connectivity index (χ3n) is 4.76. The van der Waals surface area contributed by atoms with Gasteiger partial charge in [-0.25, -0.2) is 0 Å². The molecule has 0 spiro atoms. The average Bonchev–Trinajstić information content (AvgIpc) is 3.05. The van der Waals surface area contributed by atoms with Crippen molar-refractivity contribution in [2.24, 2.45) is 5.92 Å². The van der Waals surface area contributed by atoms with Crippen LogP contribution in [-0.4, -0.2) is 48.9 Å². The summed E-state index contributed by atoms with van der Waals surface area (Å²) in [5.74, 6) is 2.10. The molecule has 5 nitrogen and oxygen atoms in total. The maximum Gasteiger partial charge on any atom is 0.165 e. The van der Waals surface area contributed by atoms with Gasteiger partial charge < -0.3 is 14.6 Å². The van der Waals surface area contributed by atoms with Crippen LogP contribution in [0.4, 0.5) is 0 Å². The standard InChI is InChI=1S/C19H24N2O3/c1-23-18-5-3-4-15(19(18)24-2)10-21-11-16(13-22)17(12-21)14-6-8-20-9-7-14/h3-9,16-17,22H,10-13H2,1-2H3/t16-,17-/m0/s1. The predicted molar refractivity (Wildman–Crippen MR) is 92.4 cm³/mol. The Hall–Kier alpha value is -2.11.